The molecule has 1 heterocycles. The van der Waals surface area contributed by atoms with E-state index in [9.17, 15) is 9.59 Å². The maximum absolute atomic E-state index is 12.7. The lowest BCUT2D eigenvalue weighted by Crippen LogP contribution is -2.57. The Kier molecular flexibility index (Phi) is 6.14. The average Bonchev–Trinajstić information content (AvgIpc) is 3.22. The van der Waals surface area contributed by atoms with Crippen LogP contribution in [0, 0.1) is 5.92 Å². The van der Waals surface area contributed by atoms with E-state index in [-0.39, 0.29) is 17.9 Å². The molecule has 1 N–H and O–H groups in total. The molecule has 2 aliphatic rings. The summed E-state index contributed by atoms with van der Waals surface area (Å²) < 4.78 is 5.15. The fourth-order valence-electron chi connectivity index (χ4n) is 4.22. The third-order valence-corrected chi connectivity index (χ3v) is 5.69. The minimum Gasteiger partial charge on any atom is -0.497 e. The van der Waals surface area contributed by atoms with E-state index >= 15 is 0 Å². The lowest BCUT2D eigenvalue weighted by atomic mass is 9.95. The van der Waals surface area contributed by atoms with Crippen LogP contribution in [0.2, 0.25) is 0 Å². The SMILES string of the molecule is CNC(=O)[C@H](C1CCCC1)N1CCN(C(=O)c2ccc(OC)cc2)CC1. The van der Waals surface area contributed by atoms with Crippen LogP contribution in [0.1, 0.15) is 36.0 Å². The van der Waals surface area contributed by atoms with Gasteiger partial charge in [0.2, 0.25) is 5.91 Å². The molecule has 0 unspecified atom stereocenters. The molecule has 0 spiro atoms. The number of carbonyl (C=O) groups is 2. The van der Waals surface area contributed by atoms with Crippen molar-refractivity contribution in [2.24, 2.45) is 5.92 Å². The first kappa shape index (κ1) is 18.7. The molecule has 1 saturated carbocycles. The van der Waals surface area contributed by atoms with Gasteiger partial charge in [0.1, 0.15) is 5.75 Å². The van der Waals surface area contributed by atoms with Gasteiger partial charge < -0.3 is 15.0 Å². The minimum absolute atomic E-state index is 0.0460. The first-order valence-electron chi connectivity index (χ1n) is 9.53. The number of amides is 2. The Bertz CT molecular complexity index is 618. The molecular formula is C20H29N3O3. The highest BCUT2D eigenvalue weighted by molar-refractivity contribution is 5.94. The van der Waals surface area contributed by atoms with Crippen molar-refractivity contribution >= 4 is 11.8 Å². The van der Waals surface area contributed by atoms with Gasteiger partial charge in [-0.1, -0.05) is 12.8 Å². The van der Waals surface area contributed by atoms with Crippen molar-refractivity contribution in [3.63, 3.8) is 0 Å². The largest absolute Gasteiger partial charge is 0.497 e. The number of methoxy groups -OCH3 is 1. The minimum atomic E-state index is -0.0549. The summed E-state index contributed by atoms with van der Waals surface area (Å²) in [5.74, 6) is 1.35. The summed E-state index contributed by atoms with van der Waals surface area (Å²) in [6.45, 7) is 2.81. The fourth-order valence-corrected chi connectivity index (χ4v) is 4.22. The van der Waals surface area contributed by atoms with Gasteiger partial charge in [-0.15, -0.1) is 0 Å². The van der Waals surface area contributed by atoms with Crippen LogP contribution in [-0.2, 0) is 4.79 Å². The molecular weight excluding hydrogens is 330 g/mol. The number of rotatable bonds is 5. The highest BCUT2D eigenvalue weighted by Crippen LogP contribution is 2.31. The van der Waals surface area contributed by atoms with Crippen LogP contribution in [0.15, 0.2) is 24.3 Å². The van der Waals surface area contributed by atoms with Crippen LogP contribution in [0.4, 0.5) is 0 Å². The highest BCUT2D eigenvalue weighted by Gasteiger charge is 2.36. The molecule has 0 radical (unpaired) electrons. The summed E-state index contributed by atoms with van der Waals surface area (Å²) in [6, 6.07) is 7.18. The van der Waals surface area contributed by atoms with E-state index in [1.165, 1.54) is 12.8 Å². The molecule has 1 aromatic carbocycles. The monoisotopic (exact) mass is 359 g/mol. The second-order valence-electron chi connectivity index (χ2n) is 7.16. The zero-order chi connectivity index (χ0) is 18.5. The van der Waals surface area contributed by atoms with Gasteiger partial charge in [-0.2, -0.15) is 0 Å². The Labute approximate surface area is 155 Å². The first-order chi connectivity index (χ1) is 12.6. The molecule has 1 atom stereocenters. The number of piperazine rings is 1. The topological polar surface area (TPSA) is 61.9 Å². The summed E-state index contributed by atoms with van der Waals surface area (Å²) in [5.41, 5.74) is 0.679. The van der Waals surface area contributed by atoms with E-state index in [0.29, 0.717) is 24.6 Å². The lowest BCUT2D eigenvalue weighted by molar-refractivity contribution is -0.128. The van der Waals surface area contributed by atoms with Crippen LogP contribution < -0.4 is 10.1 Å². The zero-order valence-electron chi connectivity index (χ0n) is 15.7. The maximum atomic E-state index is 12.7. The number of benzene rings is 1. The van der Waals surface area contributed by atoms with Crippen molar-refractivity contribution in [3.05, 3.63) is 29.8 Å². The number of nitrogens with zero attached hydrogens (tertiary/aromatic N) is 2. The molecule has 26 heavy (non-hydrogen) atoms. The van der Waals surface area contributed by atoms with Gasteiger partial charge in [-0.05, 0) is 43.0 Å². The van der Waals surface area contributed by atoms with E-state index in [1.807, 2.05) is 17.0 Å². The third kappa shape index (κ3) is 4.01. The van der Waals surface area contributed by atoms with Crippen LogP contribution in [-0.4, -0.2) is 68.0 Å². The van der Waals surface area contributed by atoms with E-state index in [0.717, 1.165) is 31.7 Å². The Morgan fingerprint density at radius 2 is 1.69 bits per heavy atom. The molecule has 1 aliphatic carbocycles. The Morgan fingerprint density at radius 3 is 2.23 bits per heavy atom. The summed E-state index contributed by atoms with van der Waals surface area (Å²) >= 11 is 0. The number of hydrogen-bond acceptors (Lipinski definition) is 4. The molecule has 2 fully saturated rings. The summed E-state index contributed by atoms with van der Waals surface area (Å²) in [7, 11) is 3.33. The molecule has 142 valence electrons. The van der Waals surface area contributed by atoms with Crippen molar-refractivity contribution in [1.29, 1.82) is 0 Å². The second kappa shape index (κ2) is 8.54. The Morgan fingerprint density at radius 1 is 1.08 bits per heavy atom. The lowest BCUT2D eigenvalue weighted by Gasteiger charge is -2.40. The van der Waals surface area contributed by atoms with Crippen LogP contribution in [0.5, 0.6) is 5.75 Å². The number of ether oxygens (including phenoxy) is 1. The maximum Gasteiger partial charge on any atom is 0.253 e. The van der Waals surface area contributed by atoms with E-state index < -0.39 is 0 Å². The number of nitrogens with one attached hydrogen (secondary N) is 1. The molecule has 0 bridgehead atoms. The van der Waals surface area contributed by atoms with Gasteiger partial charge in [-0.3, -0.25) is 14.5 Å². The number of hydrogen-bond donors (Lipinski definition) is 1. The van der Waals surface area contributed by atoms with Gasteiger partial charge >= 0.3 is 0 Å². The predicted octanol–water partition coefficient (Wildman–Crippen LogP) is 1.76. The summed E-state index contributed by atoms with van der Waals surface area (Å²) in [5, 5.41) is 2.84. The second-order valence-corrected chi connectivity index (χ2v) is 7.16. The first-order valence-corrected chi connectivity index (χ1v) is 9.53. The zero-order valence-corrected chi connectivity index (χ0v) is 15.7. The average molecular weight is 359 g/mol. The molecule has 6 nitrogen and oxygen atoms in total. The molecule has 6 heteroatoms. The molecule has 1 aliphatic heterocycles. The van der Waals surface area contributed by atoms with E-state index in [1.54, 1.807) is 26.3 Å². The quantitative estimate of drug-likeness (QED) is 0.870. The van der Waals surface area contributed by atoms with Gasteiger partial charge in [-0.25, -0.2) is 0 Å². The summed E-state index contributed by atoms with van der Waals surface area (Å²) in [4.78, 5) is 29.3. The summed E-state index contributed by atoms with van der Waals surface area (Å²) in [6.07, 6.45) is 4.69. The Hall–Kier alpha value is -2.08. The van der Waals surface area contributed by atoms with Crippen LogP contribution >= 0.6 is 0 Å². The number of carbonyl (C=O) groups excluding carboxylic acids is 2. The van der Waals surface area contributed by atoms with Crippen molar-refractivity contribution < 1.29 is 14.3 Å². The predicted molar refractivity (Wildman–Crippen MR) is 100 cm³/mol. The van der Waals surface area contributed by atoms with E-state index in [2.05, 4.69) is 10.2 Å². The molecule has 3 rings (SSSR count). The van der Waals surface area contributed by atoms with Gasteiger partial charge in [0, 0.05) is 38.8 Å². The molecule has 1 saturated heterocycles. The van der Waals surface area contributed by atoms with E-state index in [4.69, 9.17) is 4.74 Å². The normalized spacial score (nSPS) is 20.0. The molecule has 1 aromatic rings. The smallest absolute Gasteiger partial charge is 0.253 e. The standard InChI is InChI=1S/C20H29N3O3/c1-21-19(24)18(15-5-3-4-6-15)22-11-13-23(14-12-22)20(25)16-7-9-17(26-2)10-8-16/h7-10,15,18H,3-6,11-14H2,1-2H3,(H,21,24)/t18-/m0/s1. The number of likely N-dealkylation sites (N-methyl/N-ethyl adjacent to an activating group) is 1. The molecule has 0 aromatic heterocycles. The van der Waals surface area contributed by atoms with Gasteiger partial charge in [0.05, 0.1) is 13.2 Å². The molecule has 2 amide bonds. The van der Waals surface area contributed by atoms with Crippen LogP contribution in [0.3, 0.4) is 0 Å². The van der Waals surface area contributed by atoms with Crippen molar-refractivity contribution in [2.45, 2.75) is 31.7 Å². The van der Waals surface area contributed by atoms with Gasteiger partial charge in [0.15, 0.2) is 0 Å². The van der Waals surface area contributed by atoms with Crippen molar-refractivity contribution in [3.8, 4) is 5.75 Å². The Balaban J connectivity index is 1.61. The van der Waals surface area contributed by atoms with Crippen LogP contribution in [0.25, 0.3) is 0 Å². The van der Waals surface area contributed by atoms with Crippen molar-refractivity contribution in [1.82, 2.24) is 15.1 Å². The third-order valence-electron chi connectivity index (χ3n) is 5.69. The fraction of sp³-hybridized carbons (Fsp3) is 0.600. The highest BCUT2D eigenvalue weighted by atomic mass is 16.5. The van der Waals surface area contributed by atoms with Crippen molar-refractivity contribution in [2.75, 3.05) is 40.3 Å². The van der Waals surface area contributed by atoms with Gasteiger partial charge in [0.25, 0.3) is 5.91 Å².